The standard InChI is InChI=1S/C18H23N3O4/c1-11-6-18(23)21(12-2-4-24-9-12)15-7-17(19-8-13(11)15)20-14-3-5-25-10-16(14)22/h6-8,12,14,16,22H,2-5,9-10H2,1H3,(H,19,20)/t12-,14+,16+/m0/s1. The molecule has 4 rings (SSSR count). The zero-order chi connectivity index (χ0) is 17.4. The van der Waals surface area contributed by atoms with Crippen molar-refractivity contribution in [2.75, 3.05) is 31.7 Å². The first-order valence-corrected chi connectivity index (χ1v) is 8.75. The van der Waals surface area contributed by atoms with E-state index in [0.29, 0.717) is 32.2 Å². The minimum Gasteiger partial charge on any atom is -0.389 e. The number of aliphatic hydroxyl groups excluding tert-OH is 1. The van der Waals surface area contributed by atoms with Crippen molar-refractivity contribution in [2.45, 2.75) is 38.0 Å². The van der Waals surface area contributed by atoms with Crippen LogP contribution in [0.2, 0.25) is 0 Å². The highest BCUT2D eigenvalue weighted by atomic mass is 16.5. The van der Waals surface area contributed by atoms with Gasteiger partial charge in [-0.2, -0.15) is 0 Å². The Bertz CT molecular complexity index is 829. The van der Waals surface area contributed by atoms with Crippen LogP contribution in [0, 0.1) is 6.92 Å². The molecular formula is C18H23N3O4. The Labute approximate surface area is 145 Å². The van der Waals surface area contributed by atoms with Gasteiger partial charge in [0, 0.05) is 36.9 Å². The van der Waals surface area contributed by atoms with Gasteiger partial charge in [0.1, 0.15) is 5.82 Å². The quantitative estimate of drug-likeness (QED) is 0.870. The lowest BCUT2D eigenvalue weighted by Crippen LogP contribution is -2.42. The molecule has 2 saturated heterocycles. The average molecular weight is 345 g/mol. The lowest BCUT2D eigenvalue weighted by molar-refractivity contribution is -0.0135. The van der Waals surface area contributed by atoms with E-state index < -0.39 is 6.10 Å². The number of aliphatic hydroxyl groups is 1. The molecule has 25 heavy (non-hydrogen) atoms. The molecule has 134 valence electrons. The Morgan fingerprint density at radius 3 is 2.80 bits per heavy atom. The molecule has 0 aromatic carbocycles. The molecule has 2 aromatic heterocycles. The number of anilines is 1. The molecule has 0 radical (unpaired) electrons. The smallest absolute Gasteiger partial charge is 0.251 e. The van der Waals surface area contributed by atoms with E-state index in [1.165, 1.54) is 0 Å². The molecular weight excluding hydrogens is 322 g/mol. The summed E-state index contributed by atoms with van der Waals surface area (Å²) in [5, 5.41) is 14.3. The Balaban J connectivity index is 1.75. The van der Waals surface area contributed by atoms with Crippen LogP contribution in [0.1, 0.15) is 24.4 Å². The minimum atomic E-state index is -0.561. The molecule has 4 heterocycles. The van der Waals surface area contributed by atoms with Crippen LogP contribution in [0.3, 0.4) is 0 Å². The monoisotopic (exact) mass is 345 g/mol. The summed E-state index contributed by atoms with van der Waals surface area (Å²) in [4.78, 5) is 17.1. The van der Waals surface area contributed by atoms with Crippen molar-refractivity contribution in [3.8, 4) is 0 Å². The predicted octanol–water partition coefficient (Wildman–Crippen LogP) is 1.23. The second-order valence-corrected chi connectivity index (χ2v) is 6.82. The van der Waals surface area contributed by atoms with E-state index in [4.69, 9.17) is 9.47 Å². The third-order valence-corrected chi connectivity index (χ3v) is 5.07. The van der Waals surface area contributed by atoms with Crippen LogP contribution in [0.15, 0.2) is 23.1 Å². The highest BCUT2D eigenvalue weighted by molar-refractivity contribution is 5.83. The van der Waals surface area contributed by atoms with Crippen molar-refractivity contribution in [3.05, 3.63) is 34.2 Å². The van der Waals surface area contributed by atoms with Crippen molar-refractivity contribution >= 4 is 16.7 Å². The van der Waals surface area contributed by atoms with Crippen molar-refractivity contribution in [1.29, 1.82) is 0 Å². The van der Waals surface area contributed by atoms with Crippen LogP contribution in [-0.4, -0.2) is 53.2 Å². The second-order valence-electron chi connectivity index (χ2n) is 6.82. The summed E-state index contributed by atoms with van der Waals surface area (Å²) in [5.74, 6) is 0.663. The number of hydrogen-bond donors (Lipinski definition) is 2. The first-order chi connectivity index (χ1) is 12.1. The van der Waals surface area contributed by atoms with Crippen LogP contribution in [0.25, 0.3) is 10.9 Å². The number of aryl methyl sites for hydroxylation is 1. The lowest BCUT2D eigenvalue weighted by Gasteiger charge is -2.29. The molecule has 0 aliphatic carbocycles. The normalized spacial score (nSPS) is 26.9. The number of aromatic nitrogens is 2. The van der Waals surface area contributed by atoms with E-state index in [2.05, 4.69) is 10.3 Å². The molecule has 0 saturated carbocycles. The maximum atomic E-state index is 12.6. The summed E-state index contributed by atoms with van der Waals surface area (Å²) in [6.07, 6.45) is 2.79. The zero-order valence-electron chi connectivity index (χ0n) is 14.3. The van der Waals surface area contributed by atoms with Crippen molar-refractivity contribution in [2.24, 2.45) is 0 Å². The third kappa shape index (κ3) is 3.15. The lowest BCUT2D eigenvalue weighted by atomic mass is 10.1. The first-order valence-electron chi connectivity index (χ1n) is 8.75. The Kier molecular flexibility index (Phi) is 4.45. The van der Waals surface area contributed by atoms with Gasteiger partial charge in [0.05, 0.1) is 36.9 Å². The molecule has 0 unspecified atom stereocenters. The summed E-state index contributed by atoms with van der Waals surface area (Å²) < 4.78 is 12.6. The Hall–Kier alpha value is -1.96. The summed E-state index contributed by atoms with van der Waals surface area (Å²) in [7, 11) is 0. The molecule has 2 N–H and O–H groups in total. The summed E-state index contributed by atoms with van der Waals surface area (Å²) >= 11 is 0. The fourth-order valence-electron chi connectivity index (χ4n) is 3.66. The van der Waals surface area contributed by atoms with E-state index in [9.17, 15) is 9.90 Å². The van der Waals surface area contributed by atoms with Gasteiger partial charge >= 0.3 is 0 Å². The number of hydrogen-bond acceptors (Lipinski definition) is 6. The third-order valence-electron chi connectivity index (χ3n) is 5.07. The fraction of sp³-hybridized carbons (Fsp3) is 0.556. The number of rotatable bonds is 3. The van der Waals surface area contributed by atoms with E-state index in [-0.39, 0.29) is 17.6 Å². The van der Waals surface area contributed by atoms with Crippen LogP contribution in [0.4, 0.5) is 5.82 Å². The zero-order valence-corrected chi connectivity index (χ0v) is 14.3. The molecule has 2 aromatic rings. The maximum Gasteiger partial charge on any atom is 0.251 e. The summed E-state index contributed by atoms with van der Waals surface area (Å²) in [6, 6.07) is 3.53. The highest BCUT2D eigenvalue weighted by Gasteiger charge is 2.25. The van der Waals surface area contributed by atoms with Crippen molar-refractivity contribution < 1.29 is 14.6 Å². The maximum absolute atomic E-state index is 12.6. The molecule has 2 aliphatic heterocycles. The number of pyridine rings is 2. The van der Waals surface area contributed by atoms with Gasteiger partial charge in [0.25, 0.3) is 5.56 Å². The predicted molar refractivity (Wildman–Crippen MR) is 94.1 cm³/mol. The topological polar surface area (TPSA) is 85.6 Å². The van der Waals surface area contributed by atoms with E-state index >= 15 is 0 Å². The van der Waals surface area contributed by atoms with E-state index in [1.807, 2.05) is 17.6 Å². The van der Waals surface area contributed by atoms with Crippen LogP contribution in [-0.2, 0) is 9.47 Å². The van der Waals surface area contributed by atoms with E-state index in [0.717, 1.165) is 29.3 Å². The number of fused-ring (bicyclic) bond motifs is 1. The number of nitrogens with zero attached hydrogens (tertiary/aromatic N) is 2. The molecule has 0 spiro atoms. The van der Waals surface area contributed by atoms with Crippen LogP contribution < -0.4 is 10.9 Å². The summed E-state index contributed by atoms with van der Waals surface area (Å²) in [5.41, 5.74) is 1.77. The SMILES string of the molecule is Cc1cc(=O)n([C@H]2CCOC2)c2cc(N[C@@H]3CCOC[C@H]3O)ncc12. The second kappa shape index (κ2) is 6.74. The van der Waals surface area contributed by atoms with Crippen LogP contribution in [0.5, 0.6) is 0 Å². The molecule has 3 atom stereocenters. The molecule has 0 amide bonds. The molecule has 0 bridgehead atoms. The Morgan fingerprint density at radius 1 is 1.24 bits per heavy atom. The van der Waals surface area contributed by atoms with Gasteiger partial charge in [0.15, 0.2) is 0 Å². The largest absolute Gasteiger partial charge is 0.389 e. The molecule has 7 heteroatoms. The number of ether oxygens (including phenoxy) is 2. The van der Waals surface area contributed by atoms with Crippen LogP contribution >= 0.6 is 0 Å². The van der Waals surface area contributed by atoms with Gasteiger partial charge in [-0.25, -0.2) is 4.98 Å². The summed E-state index contributed by atoms with van der Waals surface area (Å²) in [6.45, 7) is 4.11. The first kappa shape index (κ1) is 16.5. The van der Waals surface area contributed by atoms with Gasteiger partial charge in [-0.15, -0.1) is 0 Å². The van der Waals surface area contributed by atoms with Gasteiger partial charge in [-0.05, 0) is 25.3 Å². The van der Waals surface area contributed by atoms with Gasteiger partial charge in [-0.1, -0.05) is 0 Å². The van der Waals surface area contributed by atoms with Gasteiger partial charge in [0.2, 0.25) is 0 Å². The minimum absolute atomic E-state index is 0.0104. The van der Waals surface area contributed by atoms with Crippen molar-refractivity contribution in [3.63, 3.8) is 0 Å². The number of nitrogens with one attached hydrogen (secondary N) is 1. The van der Waals surface area contributed by atoms with E-state index in [1.54, 1.807) is 12.3 Å². The highest BCUT2D eigenvalue weighted by Crippen LogP contribution is 2.26. The average Bonchev–Trinajstić information content (AvgIpc) is 3.11. The van der Waals surface area contributed by atoms with Crippen molar-refractivity contribution in [1.82, 2.24) is 9.55 Å². The molecule has 2 aliphatic rings. The molecule has 2 fully saturated rings. The van der Waals surface area contributed by atoms with Gasteiger partial charge < -0.3 is 24.5 Å². The van der Waals surface area contributed by atoms with Gasteiger partial charge in [-0.3, -0.25) is 4.79 Å². The fourth-order valence-corrected chi connectivity index (χ4v) is 3.66. The Morgan fingerprint density at radius 2 is 2.04 bits per heavy atom. The molecule has 7 nitrogen and oxygen atoms in total.